The van der Waals surface area contributed by atoms with Crippen LogP contribution in [-0.4, -0.2) is 21.4 Å². The Labute approximate surface area is 122 Å². The zero-order valence-electron chi connectivity index (χ0n) is 9.75. The molecule has 7 heteroatoms. The summed E-state index contributed by atoms with van der Waals surface area (Å²) in [6.07, 6.45) is 6.85. The molecule has 1 aliphatic rings. The van der Waals surface area contributed by atoms with Gasteiger partial charge in [-0.05, 0) is 0 Å². The second-order valence-corrected chi connectivity index (χ2v) is 4.18. The average molecular weight is 434 g/mol. The van der Waals surface area contributed by atoms with Crippen LogP contribution in [0.4, 0.5) is 0 Å². The third-order valence-corrected chi connectivity index (χ3v) is 2.75. The van der Waals surface area contributed by atoms with Gasteiger partial charge in [-0.2, -0.15) is 0 Å². The molecule has 1 fully saturated rings. The molecule has 0 aliphatic carbocycles. The summed E-state index contributed by atoms with van der Waals surface area (Å²) < 4.78 is 36.5. The molecule has 6 nitrogen and oxygen atoms in total. The van der Waals surface area contributed by atoms with E-state index >= 15 is 0 Å². The van der Waals surface area contributed by atoms with E-state index in [2.05, 4.69) is 32.5 Å². The van der Waals surface area contributed by atoms with E-state index in [0.717, 1.165) is 16.9 Å². The van der Waals surface area contributed by atoms with Crippen molar-refractivity contribution in [3.8, 4) is 12.3 Å². The normalized spacial score (nSPS) is 15.8. The Balaban J connectivity index is -0.000000121. The molecule has 0 aromatic heterocycles. The first-order valence-corrected chi connectivity index (χ1v) is 5.83. The van der Waals surface area contributed by atoms with Gasteiger partial charge in [-0.25, -0.2) is 0 Å². The van der Waals surface area contributed by atoms with Gasteiger partial charge in [0.05, 0.1) is 0 Å². The maximum atomic E-state index is 9.40. The van der Waals surface area contributed by atoms with Crippen LogP contribution in [0.1, 0.15) is 19.3 Å². The van der Waals surface area contributed by atoms with Gasteiger partial charge < -0.3 is 0 Å². The summed E-state index contributed by atoms with van der Waals surface area (Å²) in [5, 5.41) is 9.40. The van der Waals surface area contributed by atoms with Crippen molar-refractivity contribution in [2.75, 3.05) is 0 Å². The first-order chi connectivity index (χ1) is 9.24. The Morgan fingerprint density at radius 1 is 1.26 bits per heavy atom. The zero-order chi connectivity index (χ0) is 16.3. The summed E-state index contributed by atoms with van der Waals surface area (Å²) >= 11 is 1.36. The molecule has 1 rings (SSSR count). The molecule has 1 aliphatic heterocycles. The number of ether oxygens (including phenoxy) is 1. The third-order valence-electron chi connectivity index (χ3n) is 1.67. The first kappa shape index (κ1) is 26.5. The van der Waals surface area contributed by atoms with Crippen LogP contribution < -0.4 is 0 Å². The van der Waals surface area contributed by atoms with Crippen LogP contribution in [0.3, 0.4) is 0 Å². The number of aliphatic hydroxyl groups excluding tert-OH is 1. The van der Waals surface area contributed by atoms with Crippen molar-refractivity contribution in [2.45, 2.75) is 31.5 Å². The molecule has 0 aromatic carbocycles. The Morgan fingerprint density at radius 2 is 1.68 bits per heavy atom. The Hall–Kier alpha value is -1.00. The SMILES string of the molecule is C#CC[C@H](O)[C@@H]1CC[C](=[W])O1.[C-]#[O+].[C-]#[O+].[C-]#[O+].[C-]#[O+]. The molecule has 0 bridgehead atoms. The van der Waals surface area contributed by atoms with Gasteiger partial charge in [0, 0.05) is 0 Å². The van der Waals surface area contributed by atoms with Gasteiger partial charge >= 0.3 is 122 Å². The molecule has 0 unspecified atom stereocenters. The standard InChI is InChI=1S/C8H10O2.4CO.W/c1-2-4-7(9)8-5-3-6-10-8;4*1-2;/h1,7-9H,3-5H2;;;;;/t7-,8-;;;;;/m0...../s1. The molecule has 100 valence electrons. The summed E-state index contributed by atoms with van der Waals surface area (Å²) in [5.74, 6) is 2.43. The van der Waals surface area contributed by atoms with Crippen molar-refractivity contribution in [1.82, 2.24) is 0 Å². The van der Waals surface area contributed by atoms with Crippen molar-refractivity contribution in [1.29, 1.82) is 0 Å². The fraction of sp³-hybridized carbons (Fsp3) is 0.417. The van der Waals surface area contributed by atoms with Crippen LogP contribution in [0.15, 0.2) is 0 Å². The fourth-order valence-electron chi connectivity index (χ4n) is 1.07. The van der Waals surface area contributed by atoms with Gasteiger partial charge in [0.15, 0.2) is 0 Å². The van der Waals surface area contributed by atoms with Crippen LogP contribution >= 0.6 is 0 Å². The van der Waals surface area contributed by atoms with Crippen LogP contribution in [-0.2, 0) is 42.7 Å². The minimum atomic E-state index is -0.475. The second-order valence-electron chi connectivity index (χ2n) is 2.54. The average Bonchev–Trinajstić information content (AvgIpc) is 2.94. The molecule has 0 amide bonds. The summed E-state index contributed by atoms with van der Waals surface area (Å²) in [6, 6.07) is 0. The summed E-state index contributed by atoms with van der Waals surface area (Å²) in [5.41, 5.74) is 0. The second kappa shape index (κ2) is 25.8. The van der Waals surface area contributed by atoms with Crippen LogP contribution in [0, 0.1) is 38.9 Å². The van der Waals surface area contributed by atoms with Crippen molar-refractivity contribution in [2.24, 2.45) is 0 Å². The van der Waals surface area contributed by atoms with Gasteiger partial charge in [0.1, 0.15) is 0 Å². The maximum absolute atomic E-state index is 9.40. The number of hydrogen-bond acceptors (Lipinski definition) is 2. The number of rotatable bonds is 2. The van der Waals surface area contributed by atoms with Gasteiger partial charge in [-0.1, -0.05) is 0 Å². The fourth-order valence-corrected chi connectivity index (χ4v) is 1.94. The molecule has 0 saturated carbocycles. The summed E-state index contributed by atoms with van der Waals surface area (Å²) in [4.78, 5) is 0. The Kier molecular flexibility index (Phi) is 36.0. The molecule has 1 N–H and O–H groups in total. The molecule has 0 radical (unpaired) electrons. The molecule has 1 saturated heterocycles. The van der Waals surface area contributed by atoms with Crippen LogP contribution in [0.5, 0.6) is 0 Å². The first-order valence-electron chi connectivity index (χ1n) is 4.36. The van der Waals surface area contributed by atoms with Gasteiger partial charge in [-0.3, -0.25) is 0 Å². The zero-order valence-corrected chi connectivity index (χ0v) is 12.7. The minimum absolute atomic E-state index is 0.0430. The molecule has 2 atom stereocenters. The van der Waals surface area contributed by atoms with Crippen molar-refractivity contribution < 1.29 is 47.8 Å². The quantitative estimate of drug-likeness (QED) is 0.378. The van der Waals surface area contributed by atoms with Gasteiger partial charge in [0.25, 0.3) is 0 Å². The molecule has 19 heavy (non-hydrogen) atoms. The number of aliphatic hydroxyl groups is 1. The molecule has 0 aromatic rings. The molecule has 0 spiro atoms. The van der Waals surface area contributed by atoms with E-state index < -0.39 is 6.10 Å². The van der Waals surface area contributed by atoms with E-state index in [0.29, 0.717) is 6.42 Å². The van der Waals surface area contributed by atoms with E-state index in [4.69, 9.17) is 29.8 Å². The van der Waals surface area contributed by atoms with E-state index in [1.807, 2.05) is 0 Å². The summed E-state index contributed by atoms with van der Waals surface area (Å²) in [6.45, 7) is 18.0. The predicted molar refractivity (Wildman–Crippen MR) is 54.3 cm³/mol. The molecular formula is C12H10O6W. The van der Waals surface area contributed by atoms with E-state index in [1.54, 1.807) is 0 Å². The van der Waals surface area contributed by atoms with Gasteiger partial charge in [-0.15, -0.1) is 0 Å². The molecule has 1 heterocycles. The van der Waals surface area contributed by atoms with Crippen molar-refractivity contribution >= 4 is 4.08 Å². The Bertz CT molecular complexity index is 312. The van der Waals surface area contributed by atoms with E-state index in [-0.39, 0.29) is 6.10 Å². The molecular weight excluding hydrogens is 424 g/mol. The predicted octanol–water partition coefficient (Wildman–Crippen LogP) is 0.0763. The Morgan fingerprint density at radius 3 is 1.95 bits per heavy atom. The number of hydrogen-bond donors (Lipinski definition) is 1. The van der Waals surface area contributed by atoms with Crippen LogP contribution in [0.2, 0.25) is 0 Å². The monoisotopic (exact) mass is 434 g/mol. The van der Waals surface area contributed by atoms with E-state index in [1.165, 1.54) is 19.4 Å². The third kappa shape index (κ3) is 17.0. The van der Waals surface area contributed by atoms with Crippen LogP contribution in [0.25, 0.3) is 0 Å². The van der Waals surface area contributed by atoms with Gasteiger partial charge in [0.2, 0.25) is 0 Å². The topological polar surface area (TPSA) is 109 Å². The van der Waals surface area contributed by atoms with Crippen molar-refractivity contribution in [3.05, 3.63) is 26.6 Å². The number of terminal acetylenes is 1. The van der Waals surface area contributed by atoms with E-state index in [9.17, 15) is 5.11 Å². The van der Waals surface area contributed by atoms with Crippen molar-refractivity contribution in [3.63, 3.8) is 0 Å². The summed E-state index contributed by atoms with van der Waals surface area (Å²) in [7, 11) is 0.